The highest BCUT2D eigenvalue weighted by Gasteiger charge is 2.10. The number of benzene rings is 1. The van der Waals surface area contributed by atoms with Crippen molar-refractivity contribution < 1.29 is 4.42 Å². The molecule has 0 spiro atoms. The number of H-pyrrole nitrogens is 1. The van der Waals surface area contributed by atoms with Gasteiger partial charge in [0.15, 0.2) is 22.9 Å². The molecule has 18 heavy (non-hydrogen) atoms. The molecule has 1 N–H and O–H groups in total. The highest BCUT2D eigenvalue weighted by molar-refractivity contribution is 5.83. The molecular weight excluding hydrogens is 228 g/mol. The minimum atomic E-state index is 0.597. The molecule has 0 radical (unpaired) electrons. The standard InChI is InChI=1S/C13H8N4O/c1-2-5-9-8(4-1)14-12-13(15-9)17-11(16-12)10-6-3-7-18-10/h1-7H,(H,14,15,16,17). The average Bonchev–Trinajstić information content (AvgIpc) is 3.04. The first-order valence-electron chi connectivity index (χ1n) is 5.56. The maximum absolute atomic E-state index is 5.30. The van der Waals surface area contributed by atoms with Crippen LogP contribution in [-0.2, 0) is 0 Å². The Balaban J connectivity index is 2.02. The molecule has 0 aliphatic carbocycles. The fourth-order valence-electron chi connectivity index (χ4n) is 1.93. The van der Waals surface area contributed by atoms with Crippen LogP contribution in [0.1, 0.15) is 0 Å². The van der Waals surface area contributed by atoms with Gasteiger partial charge in [-0.25, -0.2) is 15.0 Å². The summed E-state index contributed by atoms with van der Waals surface area (Å²) in [7, 11) is 0. The molecule has 0 aliphatic heterocycles. The van der Waals surface area contributed by atoms with Gasteiger partial charge in [-0.3, -0.25) is 0 Å². The minimum absolute atomic E-state index is 0.597. The number of aromatic nitrogens is 4. The zero-order chi connectivity index (χ0) is 11.9. The molecule has 5 heteroatoms. The van der Waals surface area contributed by atoms with Crippen LogP contribution >= 0.6 is 0 Å². The van der Waals surface area contributed by atoms with E-state index in [9.17, 15) is 0 Å². The third-order valence-electron chi connectivity index (χ3n) is 2.76. The quantitative estimate of drug-likeness (QED) is 0.551. The van der Waals surface area contributed by atoms with Crippen molar-refractivity contribution in [3.8, 4) is 11.6 Å². The topological polar surface area (TPSA) is 67.6 Å². The summed E-state index contributed by atoms with van der Waals surface area (Å²) in [5, 5.41) is 0. The Morgan fingerprint density at radius 3 is 2.50 bits per heavy atom. The van der Waals surface area contributed by atoms with Crippen LogP contribution in [0.2, 0.25) is 0 Å². The SMILES string of the molecule is c1coc(-c2nc3nc4ccccc4nc3[nH]2)c1. The fourth-order valence-corrected chi connectivity index (χ4v) is 1.93. The van der Waals surface area contributed by atoms with Crippen LogP contribution in [0.15, 0.2) is 47.1 Å². The molecule has 0 aliphatic rings. The van der Waals surface area contributed by atoms with E-state index < -0.39 is 0 Å². The first-order chi connectivity index (χ1) is 8.90. The summed E-state index contributed by atoms with van der Waals surface area (Å²) >= 11 is 0. The van der Waals surface area contributed by atoms with Crippen molar-refractivity contribution in [2.75, 3.05) is 0 Å². The van der Waals surface area contributed by atoms with Gasteiger partial charge in [0.25, 0.3) is 0 Å². The van der Waals surface area contributed by atoms with Crippen LogP contribution in [0.3, 0.4) is 0 Å². The fraction of sp³-hybridized carbons (Fsp3) is 0. The number of nitrogens with one attached hydrogen (secondary N) is 1. The van der Waals surface area contributed by atoms with Crippen LogP contribution < -0.4 is 0 Å². The first-order valence-corrected chi connectivity index (χ1v) is 5.56. The molecule has 0 bridgehead atoms. The molecule has 0 amide bonds. The zero-order valence-corrected chi connectivity index (χ0v) is 9.29. The number of hydrogen-bond donors (Lipinski definition) is 1. The normalized spacial score (nSPS) is 11.3. The number of nitrogens with zero attached hydrogens (tertiary/aromatic N) is 3. The second kappa shape index (κ2) is 3.40. The number of para-hydroxylation sites is 2. The maximum atomic E-state index is 5.30. The van der Waals surface area contributed by atoms with Crippen LogP contribution in [0.5, 0.6) is 0 Å². The summed E-state index contributed by atoms with van der Waals surface area (Å²) in [5.41, 5.74) is 2.95. The summed E-state index contributed by atoms with van der Waals surface area (Å²) < 4.78 is 5.30. The van der Waals surface area contributed by atoms with Gasteiger partial charge in [-0.2, -0.15) is 0 Å². The van der Waals surface area contributed by atoms with E-state index in [0.29, 0.717) is 22.9 Å². The van der Waals surface area contributed by atoms with Gasteiger partial charge < -0.3 is 9.40 Å². The summed E-state index contributed by atoms with van der Waals surface area (Å²) in [4.78, 5) is 16.4. The van der Waals surface area contributed by atoms with Crippen molar-refractivity contribution in [3.05, 3.63) is 42.7 Å². The summed E-state index contributed by atoms with van der Waals surface area (Å²) in [6, 6.07) is 11.4. The molecule has 0 atom stereocenters. The highest BCUT2D eigenvalue weighted by atomic mass is 16.3. The monoisotopic (exact) mass is 236 g/mol. The second-order valence-corrected chi connectivity index (χ2v) is 3.95. The molecule has 3 aromatic heterocycles. The Morgan fingerprint density at radius 1 is 0.889 bits per heavy atom. The smallest absolute Gasteiger partial charge is 0.198 e. The van der Waals surface area contributed by atoms with Crippen molar-refractivity contribution in [1.82, 2.24) is 19.9 Å². The van der Waals surface area contributed by atoms with Gasteiger partial charge in [0.2, 0.25) is 0 Å². The molecule has 1 aromatic carbocycles. The molecule has 0 saturated carbocycles. The van der Waals surface area contributed by atoms with Crippen molar-refractivity contribution in [3.63, 3.8) is 0 Å². The van der Waals surface area contributed by atoms with Gasteiger partial charge in [0.1, 0.15) is 0 Å². The highest BCUT2D eigenvalue weighted by Crippen LogP contribution is 2.20. The van der Waals surface area contributed by atoms with Gasteiger partial charge in [-0.1, -0.05) is 12.1 Å². The lowest BCUT2D eigenvalue weighted by atomic mass is 10.3. The number of hydrogen-bond acceptors (Lipinski definition) is 4. The van der Waals surface area contributed by atoms with E-state index in [1.54, 1.807) is 6.26 Å². The van der Waals surface area contributed by atoms with Crippen molar-refractivity contribution in [2.24, 2.45) is 0 Å². The van der Waals surface area contributed by atoms with E-state index in [1.165, 1.54) is 0 Å². The largest absolute Gasteiger partial charge is 0.461 e. The minimum Gasteiger partial charge on any atom is -0.461 e. The number of aromatic amines is 1. The lowest BCUT2D eigenvalue weighted by molar-refractivity contribution is 0.578. The maximum Gasteiger partial charge on any atom is 0.198 e. The van der Waals surface area contributed by atoms with E-state index in [0.717, 1.165) is 11.0 Å². The van der Waals surface area contributed by atoms with Crippen molar-refractivity contribution >= 4 is 22.3 Å². The lowest BCUT2D eigenvalue weighted by Gasteiger charge is -1.93. The molecule has 4 aromatic rings. The molecular formula is C13H8N4O. The Kier molecular flexibility index (Phi) is 1.77. The molecule has 86 valence electrons. The molecule has 0 fully saturated rings. The van der Waals surface area contributed by atoms with Crippen LogP contribution in [0.4, 0.5) is 0 Å². The predicted molar refractivity (Wildman–Crippen MR) is 66.9 cm³/mol. The molecule has 0 saturated heterocycles. The van der Waals surface area contributed by atoms with E-state index in [4.69, 9.17) is 4.42 Å². The van der Waals surface area contributed by atoms with Gasteiger partial charge in [0, 0.05) is 0 Å². The third kappa shape index (κ3) is 1.31. The Labute approximate surface area is 102 Å². The predicted octanol–water partition coefficient (Wildman–Crippen LogP) is 2.77. The summed E-state index contributed by atoms with van der Waals surface area (Å²) in [5.74, 6) is 1.32. The Morgan fingerprint density at radius 2 is 1.72 bits per heavy atom. The number of imidazole rings is 1. The average molecular weight is 236 g/mol. The molecule has 4 rings (SSSR count). The molecule has 0 unspecified atom stereocenters. The van der Waals surface area contributed by atoms with E-state index >= 15 is 0 Å². The Bertz CT molecular complexity index is 780. The van der Waals surface area contributed by atoms with Crippen LogP contribution in [0, 0.1) is 0 Å². The van der Waals surface area contributed by atoms with Gasteiger partial charge in [-0.05, 0) is 24.3 Å². The van der Waals surface area contributed by atoms with Gasteiger partial charge in [0.05, 0.1) is 17.3 Å². The zero-order valence-electron chi connectivity index (χ0n) is 9.29. The van der Waals surface area contributed by atoms with Crippen LogP contribution in [-0.4, -0.2) is 19.9 Å². The van der Waals surface area contributed by atoms with Crippen molar-refractivity contribution in [2.45, 2.75) is 0 Å². The lowest BCUT2D eigenvalue weighted by Crippen LogP contribution is -1.85. The molecule has 5 nitrogen and oxygen atoms in total. The first kappa shape index (κ1) is 9.35. The van der Waals surface area contributed by atoms with Crippen molar-refractivity contribution in [1.29, 1.82) is 0 Å². The third-order valence-corrected chi connectivity index (χ3v) is 2.76. The van der Waals surface area contributed by atoms with Gasteiger partial charge in [-0.15, -0.1) is 0 Å². The summed E-state index contributed by atoms with van der Waals surface area (Å²) in [6.45, 7) is 0. The Hall–Kier alpha value is -2.69. The van der Waals surface area contributed by atoms with E-state index in [1.807, 2.05) is 36.4 Å². The van der Waals surface area contributed by atoms with E-state index in [2.05, 4.69) is 19.9 Å². The number of rotatable bonds is 1. The number of furan rings is 1. The summed E-state index contributed by atoms with van der Waals surface area (Å²) in [6.07, 6.45) is 1.61. The second-order valence-electron chi connectivity index (χ2n) is 3.95. The number of fused-ring (bicyclic) bond motifs is 2. The van der Waals surface area contributed by atoms with Crippen LogP contribution in [0.25, 0.3) is 33.9 Å². The molecule has 3 heterocycles. The van der Waals surface area contributed by atoms with Gasteiger partial charge >= 0.3 is 0 Å². The van der Waals surface area contributed by atoms with E-state index in [-0.39, 0.29) is 0 Å².